The number of carboxylic acid groups (broad SMARTS) is 1. The molecule has 2 heterocycles. The Balaban J connectivity index is 1.71. The quantitative estimate of drug-likeness (QED) is 0.211. The molecule has 0 aliphatic rings. The summed E-state index contributed by atoms with van der Waals surface area (Å²) in [5.74, 6) is -0.495. The maximum atomic E-state index is 12.0. The standard InChI is InChI=1S/C23H19ClN4O2S/c1-3-12-28-14(2)18(17-6-4-5-7-19(17)28)13-20(22(29)30)31-23-25-21(26-27-23)15-8-10-16(24)11-9-15/h3-11,13H,1,12H2,2H3,(H,29,30)(H,25,26,27)/b20-13-. The molecule has 2 aromatic heterocycles. The largest absolute Gasteiger partial charge is 0.477 e. The summed E-state index contributed by atoms with van der Waals surface area (Å²) in [6.07, 6.45) is 3.51. The molecule has 0 atom stereocenters. The van der Waals surface area contributed by atoms with Gasteiger partial charge in [0.1, 0.15) is 4.91 Å². The number of aliphatic carboxylic acids is 1. The van der Waals surface area contributed by atoms with E-state index in [4.69, 9.17) is 11.6 Å². The summed E-state index contributed by atoms with van der Waals surface area (Å²) in [5, 5.41) is 18.8. The first-order chi connectivity index (χ1) is 15.0. The van der Waals surface area contributed by atoms with Gasteiger partial charge in [0.05, 0.1) is 0 Å². The van der Waals surface area contributed by atoms with Gasteiger partial charge in [0.25, 0.3) is 0 Å². The van der Waals surface area contributed by atoms with Crippen molar-refractivity contribution >= 4 is 46.3 Å². The van der Waals surface area contributed by atoms with E-state index in [9.17, 15) is 9.90 Å². The lowest BCUT2D eigenvalue weighted by Gasteiger charge is -2.04. The molecule has 4 rings (SSSR count). The zero-order valence-electron chi connectivity index (χ0n) is 16.7. The highest BCUT2D eigenvalue weighted by Gasteiger charge is 2.18. The first kappa shape index (κ1) is 21.0. The van der Waals surface area contributed by atoms with E-state index in [-0.39, 0.29) is 4.91 Å². The van der Waals surface area contributed by atoms with Gasteiger partial charge in [-0.15, -0.1) is 11.7 Å². The van der Waals surface area contributed by atoms with Gasteiger partial charge in [-0.1, -0.05) is 35.9 Å². The number of hydrogen-bond acceptors (Lipinski definition) is 4. The highest BCUT2D eigenvalue weighted by atomic mass is 35.5. The monoisotopic (exact) mass is 450 g/mol. The van der Waals surface area contributed by atoms with Crippen molar-refractivity contribution < 1.29 is 9.90 Å². The van der Waals surface area contributed by atoms with E-state index in [0.717, 1.165) is 39.5 Å². The zero-order chi connectivity index (χ0) is 22.0. The van der Waals surface area contributed by atoms with Crippen LogP contribution in [0, 0.1) is 6.92 Å². The summed E-state index contributed by atoms with van der Waals surface area (Å²) in [6.45, 7) is 6.45. The van der Waals surface area contributed by atoms with Gasteiger partial charge in [0.15, 0.2) is 5.82 Å². The third kappa shape index (κ3) is 4.28. The van der Waals surface area contributed by atoms with Crippen molar-refractivity contribution in [2.75, 3.05) is 0 Å². The highest BCUT2D eigenvalue weighted by Crippen LogP contribution is 2.32. The fraction of sp³-hybridized carbons (Fsp3) is 0.0870. The third-order valence-electron chi connectivity index (χ3n) is 4.86. The molecule has 6 nitrogen and oxygen atoms in total. The van der Waals surface area contributed by atoms with E-state index in [1.54, 1.807) is 18.2 Å². The summed E-state index contributed by atoms with van der Waals surface area (Å²) in [6, 6.07) is 15.1. The smallest absolute Gasteiger partial charge is 0.342 e. The topological polar surface area (TPSA) is 83.8 Å². The lowest BCUT2D eigenvalue weighted by atomic mass is 10.1. The molecule has 156 valence electrons. The van der Waals surface area contributed by atoms with Crippen molar-refractivity contribution in [3.63, 3.8) is 0 Å². The summed E-state index contributed by atoms with van der Waals surface area (Å²) >= 11 is 6.93. The molecule has 0 saturated heterocycles. The summed E-state index contributed by atoms with van der Waals surface area (Å²) in [5.41, 5.74) is 3.67. The molecule has 0 aliphatic heterocycles. The maximum absolute atomic E-state index is 12.0. The number of aromatic nitrogens is 4. The molecule has 2 aromatic carbocycles. The van der Waals surface area contributed by atoms with Crippen LogP contribution in [0.4, 0.5) is 0 Å². The number of aromatic amines is 1. The van der Waals surface area contributed by atoms with Crippen LogP contribution >= 0.6 is 23.4 Å². The Bertz CT molecular complexity index is 1310. The second-order valence-electron chi connectivity index (χ2n) is 6.80. The van der Waals surface area contributed by atoms with Crippen molar-refractivity contribution in [1.29, 1.82) is 0 Å². The van der Waals surface area contributed by atoms with Crippen LogP contribution in [-0.2, 0) is 11.3 Å². The summed E-state index contributed by atoms with van der Waals surface area (Å²) in [4.78, 5) is 16.6. The molecule has 0 fully saturated rings. The number of carboxylic acids is 1. The van der Waals surface area contributed by atoms with Crippen LogP contribution in [0.1, 0.15) is 11.3 Å². The number of nitrogens with zero attached hydrogens (tertiary/aromatic N) is 3. The van der Waals surface area contributed by atoms with Crippen molar-refractivity contribution in [3.8, 4) is 11.4 Å². The number of hydrogen-bond donors (Lipinski definition) is 2. The number of fused-ring (bicyclic) bond motifs is 1. The first-order valence-corrected chi connectivity index (χ1v) is 10.7. The number of benzene rings is 2. The van der Waals surface area contributed by atoms with Crippen molar-refractivity contribution in [2.24, 2.45) is 0 Å². The Morgan fingerprint density at radius 2 is 2.00 bits per heavy atom. The van der Waals surface area contributed by atoms with Crippen molar-refractivity contribution in [3.05, 3.63) is 82.4 Å². The molecule has 8 heteroatoms. The van der Waals surface area contributed by atoms with Crippen molar-refractivity contribution in [2.45, 2.75) is 18.6 Å². The van der Waals surface area contributed by atoms with Crippen LogP contribution in [0.2, 0.25) is 5.02 Å². The second-order valence-corrected chi connectivity index (χ2v) is 8.25. The predicted molar refractivity (Wildman–Crippen MR) is 125 cm³/mol. The average Bonchev–Trinajstić information content (AvgIpc) is 3.33. The van der Waals surface area contributed by atoms with E-state index in [0.29, 0.717) is 22.5 Å². The first-order valence-electron chi connectivity index (χ1n) is 9.48. The lowest BCUT2D eigenvalue weighted by molar-refractivity contribution is -0.131. The number of nitrogens with one attached hydrogen (secondary N) is 1. The van der Waals surface area contributed by atoms with E-state index in [1.165, 1.54) is 0 Å². The molecule has 0 saturated carbocycles. The van der Waals surface area contributed by atoms with Gasteiger partial charge in [0, 0.05) is 39.3 Å². The van der Waals surface area contributed by atoms with Crippen LogP contribution in [0.5, 0.6) is 0 Å². The number of halogens is 1. The Kier molecular flexibility index (Phi) is 5.97. The minimum Gasteiger partial charge on any atom is -0.477 e. The number of rotatable bonds is 7. The van der Waals surface area contributed by atoms with Gasteiger partial charge in [-0.25, -0.2) is 9.78 Å². The van der Waals surface area contributed by atoms with Gasteiger partial charge in [-0.3, -0.25) is 5.10 Å². The van der Waals surface area contributed by atoms with Crippen LogP contribution in [0.3, 0.4) is 0 Å². The Labute approximate surface area is 188 Å². The fourth-order valence-electron chi connectivity index (χ4n) is 3.40. The van der Waals surface area contributed by atoms with Crippen LogP contribution < -0.4 is 0 Å². The van der Waals surface area contributed by atoms with Gasteiger partial charge in [-0.05, 0) is 55.1 Å². The SMILES string of the molecule is C=CCn1c(C)c(/C=C(\Sc2n[nH]c(-c3ccc(Cl)cc3)n2)C(=O)O)c2ccccc21. The van der Waals surface area contributed by atoms with Crippen LogP contribution in [0.25, 0.3) is 28.4 Å². The molecule has 4 aromatic rings. The Morgan fingerprint density at radius 3 is 2.71 bits per heavy atom. The predicted octanol–water partition coefficient (Wildman–Crippen LogP) is 5.79. The molecule has 0 unspecified atom stereocenters. The van der Waals surface area contributed by atoms with E-state index < -0.39 is 5.97 Å². The Hall–Kier alpha value is -3.29. The fourth-order valence-corrected chi connectivity index (χ4v) is 4.21. The van der Waals surface area contributed by atoms with Crippen LogP contribution in [-0.4, -0.2) is 30.8 Å². The molecule has 0 spiro atoms. The van der Waals surface area contributed by atoms with Crippen LogP contribution in [0.15, 0.2) is 71.2 Å². The number of allylic oxidation sites excluding steroid dienone is 1. The molecule has 0 aliphatic carbocycles. The van der Waals surface area contributed by atoms with Gasteiger partial charge in [0.2, 0.25) is 5.16 Å². The van der Waals surface area contributed by atoms with E-state index >= 15 is 0 Å². The number of thioether (sulfide) groups is 1. The average molecular weight is 451 g/mol. The third-order valence-corrected chi connectivity index (χ3v) is 5.99. The normalized spacial score (nSPS) is 11.7. The van der Waals surface area contributed by atoms with E-state index in [2.05, 4.69) is 26.3 Å². The molecular weight excluding hydrogens is 432 g/mol. The molecule has 31 heavy (non-hydrogen) atoms. The molecular formula is C23H19ClN4O2S. The summed E-state index contributed by atoms with van der Waals surface area (Å²) in [7, 11) is 0. The highest BCUT2D eigenvalue weighted by molar-refractivity contribution is 8.04. The molecule has 0 bridgehead atoms. The zero-order valence-corrected chi connectivity index (χ0v) is 18.2. The number of carbonyl (C=O) groups is 1. The maximum Gasteiger partial charge on any atom is 0.342 e. The minimum absolute atomic E-state index is 0.131. The summed E-state index contributed by atoms with van der Waals surface area (Å²) < 4.78 is 2.11. The second kappa shape index (κ2) is 8.83. The molecule has 2 N–H and O–H groups in total. The molecule has 0 radical (unpaired) electrons. The molecule has 0 amide bonds. The Morgan fingerprint density at radius 1 is 1.26 bits per heavy atom. The lowest BCUT2D eigenvalue weighted by Crippen LogP contribution is -1.99. The number of para-hydroxylation sites is 1. The van der Waals surface area contributed by atoms with Crippen molar-refractivity contribution in [1.82, 2.24) is 19.7 Å². The van der Waals surface area contributed by atoms with Gasteiger partial charge in [-0.2, -0.15) is 0 Å². The minimum atomic E-state index is -1.04. The number of H-pyrrole nitrogens is 1. The van der Waals surface area contributed by atoms with E-state index in [1.807, 2.05) is 49.4 Å². The van der Waals surface area contributed by atoms with Gasteiger partial charge >= 0.3 is 5.97 Å². The van der Waals surface area contributed by atoms with Gasteiger partial charge < -0.3 is 9.67 Å².